The highest BCUT2D eigenvalue weighted by molar-refractivity contribution is 6.43. The van der Waals surface area contributed by atoms with Crippen LogP contribution in [0.4, 0.5) is 10.5 Å². The third kappa shape index (κ3) is 5.68. The third-order valence-corrected chi connectivity index (χ3v) is 4.00. The minimum absolute atomic E-state index is 0.366. The molecule has 1 aliphatic carbocycles. The molecule has 0 bridgehead atoms. The van der Waals surface area contributed by atoms with Gasteiger partial charge in [-0.05, 0) is 56.4 Å². The molecule has 0 radical (unpaired) electrons. The number of carbonyl (C=O) groups excluding carboxylic acids is 1. The Morgan fingerprint density at radius 2 is 1.96 bits per heavy atom. The Balaban J connectivity index is 2.35. The van der Waals surface area contributed by atoms with Crippen molar-refractivity contribution in [3.63, 3.8) is 0 Å². The molecule has 5 nitrogen and oxygen atoms in total. The van der Waals surface area contributed by atoms with Gasteiger partial charge in [0.05, 0.1) is 26.7 Å². The van der Waals surface area contributed by atoms with Crippen molar-refractivity contribution in [1.82, 2.24) is 15.1 Å². The Hall–Kier alpha value is -1.17. The Bertz CT molecular complexity index is 1530. The van der Waals surface area contributed by atoms with Gasteiger partial charge in [0.1, 0.15) is 0 Å². The molecule has 1 N–H and O–H groups in total. The smallest absolute Gasteiger partial charge is 0.317 e. The van der Waals surface area contributed by atoms with Crippen LogP contribution in [0, 0.1) is 5.89 Å². The first-order chi connectivity index (χ1) is 22.2. The summed E-state index contributed by atoms with van der Waals surface area (Å²) in [6.45, 7) is -20.8. The summed E-state index contributed by atoms with van der Waals surface area (Å²) in [5, 5.41) is -0.240. The van der Waals surface area contributed by atoms with Crippen LogP contribution in [-0.2, 0) is 0 Å². The molecule has 0 spiro atoms. The lowest BCUT2D eigenvalue weighted by atomic mass is 9.84. The fourth-order valence-corrected chi connectivity index (χ4v) is 2.14. The van der Waals surface area contributed by atoms with Crippen LogP contribution in [-0.4, -0.2) is 68.4 Å². The number of carbonyl (C=O) groups is 1. The van der Waals surface area contributed by atoms with Crippen molar-refractivity contribution in [3.8, 4) is 0 Å². The Labute approximate surface area is 211 Å². The average Bonchev–Trinajstić information content (AvgIpc) is 2.94. The minimum Gasteiger partial charge on any atom is -0.368 e. The Morgan fingerprint density at radius 3 is 2.61 bits per heavy atom. The number of nitrogens with one attached hydrogen (secondary N) is 1. The number of piperazine rings is 1. The number of anilines is 1. The average molecular weight is 451 g/mol. The highest BCUT2D eigenvalue weighted by atomic mass is 35.5. The van der Waals surface area contributed by atoms with E-state index in [1.807, 2.05) is 0 Å². The number of urea groups is 1. The molecule has 2 fully saturated rings. The molecule has 3 rings (SSSR count). The number of hydrogen-bond donors (Lipinski definition) is 1. The van der Waals surface area contributed by atoms with Gasteiger partial charge in [-0.25, -0.2) is 4.79 Å². The quantitative estimate of drug-likeness (QED) is 0.726. The number of benzene rings is 1. The van der Waals surface area contributed by atoms with Crippen LogP contribution in [0.25, 0.3) is 0 Å². The molecule has 1 aromatic rings. The van der Waals surface area contributed by atoms with E-state index in [9.17, 15) is 4.79 Å². The van der Waals surface area contributed by atoms with Crippen molar-refractivity contribution in [2.75, 3.05) is 51.5 Å². The molecule has 1 heterocycles. The first-order valence-corrected chi connectivity index (χ1v) is 8.50. The molecule has 0 aromatic heterocycles. The maximum absolute atomic E-state index is 12.5. The monoisotopic (exact) mass is 449 g/mol. The molecule has 1 aliphatic heterocycles. The Kier molecular flexibility index (Phi) is 2.39. The number of nitrogens with zero attached hydrogens (tertiary/aromatic N) is 3. The predicted octanol–water partition coefficient (Wildman–Crippen LogP) is 4.34. The van der Waals surface area contributed by atoms with Crippen LogP contribution < -0.4 is 10.2 Å². The highest BCUT2D eigenvalue weighted by Gasteiger charge is 2.24. The van der Waals surface area contributed by atoms with Crippen LogP contribution >= 0.6 is 23.2 Å². The second-order valence-electron chi connectivity index (χ2n) is 5.48. The van der Waals surface area contributed by atoms with E-state index >= 15 is 0 Å². The van der Waals surface area contributed by atoms with Crippen molar-refractivity contribution in [1.29, 1.82) is 0 Å². The zero-order valence-electron chi connectivity index (χ0n) is 37.7. The summed E-state index contributed by atoms with van der Waals surface area (Å²) < 4.78 is 197. The normalized spacial score (nSPS) is 55.7. The van der Waals surface area contributed by atoms with Gasteiger partial charge in [0.2, 0.25) is 0 Å². The van der Waals surface area contributed by atoms with Gasteiger partial charge in [-0.1, -0.05) is 29.2 Å². The van der Waals surface area contributed by atoms with E-state index in [1.165, 1.54) is 0 Å². The largest absolute Gasteiger partial charge is 0.368 e. The van der Waals surface area contributed by atoms with E-state index in [4.69, 9.17) is 54.7 Å². The molecule has 0 atom stereocenters. The van der Waals surface area contributed by atoms with E-state index in [0.717, 1.165) is 14.1 Å². The molecule has 0 unspecified atom stereocenters. The lowest BCUT2D eigenvalue weighted by molar-refractivity contribution is 0.194. The molecule has 1 aromatic carbocycles. The first kappa shape index (κ1) is 6.66. The number of amides is 2. The fraction of sp³-hybridized carbons (Fsp3) is 0.667. The van der Waals surface area contributed by atoms with Crippen molar-refractivity contribution in [2.24, 2.45) is 5.89 Å². The molecule has 1 saturated carbocycles. The van der Waals surface area contributed by atoms with Gasteiger partial charge in [0, 0.05) is 66.7 Å². The van der Waals surface area contributed by atoms with Crippen LogP contribution in [0.2, 0.25) is 10.0 Å². The van der Waals surface area contributed by atoms with Crippen molar-refractivity contribution in [3.05, 3.63) is 28.2 Å². The van der Waals surface area contributed by atoms with Crippen LogP contribution in [0.15, 0.2) is 18.1 Å². The summed E-state index contributed by atoms with van der Waals surface area (Å²) >= 11 is 12.1. The zero-order chi connectivity index (χ0) is 40.7. The number of halogens is 2. The lowest BCUT2D eigenvalue weighted by Gasteiger charge is -2.37. The molecule has 7 heteroatoms. The highest BCUT2D eigenvalue weighted by Crippen LogP contribution is 2.33. The molecular weight excluding hydrogens is 395 g/mol. The SMILES string of the molecule is [2H]c1c([2H])c(Cl)c(Cl)c(N2C([2H])([2H])C([2H])([2H])N(C([2H])([2H])CC3([2H])C([2H])([2H])C([2H])([2H])C([2H])(NC(=O)N(C)C)C([2H])([2H])C3([2H])[2H])C([2H])([2H])C2([2H])[2H])c1[2H]. The summed E-state index contributed by atoms with van der Waals surface area (Å²) in [5.74, 6) is -4.15. The van der Waals surface area contributed by atoms with Gasteiger partial charge in [0.15, 0.2) is 0 Å². The van der Waals surface area contributed by atoms with E-state index in [2.05, 4.69) is 0 Å². The zero-order valence-corrected chi connectivity index (χ0v) is 16.2. The standard InChI is InChI=1S/C21H32Cl2N4O/c1-25(2)21(28)24-17-8-6-16(7-9-17)10-11-26-12-14-27(15-13-26)19-5-3-4-18(22)20(19)23/h3-5,16-17H,6-15H2,1-2H3,(H,24,28)/i3D,4D,5D,6D2,7D2,8D2,9D2,11D2,12D2,13D2,14D2,15D2,16D,17D. The van der Waals surface area contributed by atoms with E-state index < -0.39 is 121 Å². The van der Waals surface area contributed by atoms with Crippen LogP contribution in [0.1, 0.15) is 63.4 Å². The third-order valence-electron chi connectivity index (χ3n) is 3.25. The Morgan fingerprint density at radius 1 is 1.29 bits per heavy atom. The number of rotatable bonds is 5. The minimum atomic E-state index is -4.24. The summed E-state index contributed by atoms with van der Waals surface area (Å²) in [7, 11) is 2.14. The lowest BCUT2D eigenvalue weighted by Crippen LogP contribution is -2.47. The molecular formula is C21H32Cl2N4O. The van der Waals surface area contributed by atoms with Gasteiger partial charge in [0.25, 0.3) is 0 Å². The van der Waals surface area contributed by atoms with Crippen LogP contribution in [0.3, 0.4) is 0 Å². The van der Waals surface area contributed by atoms with Crippen molar-refractivity contribution >= 4 is 34.9 Å². The van der Waals surface area contributed by atoms with Gasteiger partial charge in [-0.15, -0.1) is 0 Å². The van der Waals surface area contributed by atoms with Crippen LogP contribution in [0.5, 0.6) is 0 Å². The second-order valence-corrected chi connectivity index (χ2v) is 6.24. The van der Waals surface area contributed by atoms with E-state index in [1.54, 1.807) is 5.32 Å². The fourth-order valence-electron chi connectivity index (χ4n) is 1.83. The number of hydrogen-bond acceptors (Lipinski definition) is 3. The summed E-state index contributed by atoms with van der Waals surface area (Å²) in [5.41, 5.74) is -1.23. The van der Waals surface area contributed by atoms with Gasteiger partial charge < -0.3 is 15.1 Å². The summed E-state index contributed by atoms with van der Waals surface area (Å²) in [4.78, 5) is 12.0. The molecule has 156 valence electrons. The van der Waals surface area contributed by atoms with Gasteiger partial charge >= 0.3 is 6.03 Å². The topological polar surface area (TPSA) is 38.8 Å². The molecule has 2 aliphatic rings. The second kappa shape index (κ2) is 10.0. The summed E-state index contributed by atoms with van der Waals surface area (Å²) in [6.07, 6.45) is -19.0. The molecule has 28 heavy (non-hydrogen) atoms. The summed E-state index contributed by atoms with van der Waals surface area (Å²) in [6, 6.07) is -8.46. The first-order valence-electron chi connectivity index (χ1n) is 19.2. The molecule has 1 saturated heterocycles. The van der Waals surface area contributed by atoms with Crippen molar-refractivity contribution in [2.45, 2.75) is 37.9 Å². The van der Waals surface area contributed by atoms with E-state index in [-0.39, 0.29) is 4.90 Å². The van der Waals surface area contributed by atoms with E-state index in [0.29, 0.717) is 4.90 Å². The maximum atomic E-state index is 12.5. The van der Waals surface area contributed by atoms with Crippen molar-refractivity contribution < 1.29 is 36.3 Å². The maximum Gasteiger partial charge on any atom is 0.317 e. The van der Waals surface area contributed by atoms with Gasteiger partial charge in [-0.2, -0.15) is 0 Å². The predicted molar refractivity (Wildman–Crippen MR) is 118 cm³/mol. The molecule has 2 amide bonds. The van der Waals surface area contributed by atoms with Gasteiger partial charge in [-0.3, -0.25) is 4.90 Å².